The van der Waals surface area contributed by atoms with E-state index in [1.807, 2.05) is 36.6 Å². The summed E-state index contributed by atoms with van der Waals surface area (Å²) < 4.78 is 6.88. The van der Waals surface area contributed by atoms with Crippen molar-refractivity contribution in [2.75, 3.05) is 0 Å². The molecular weight excluding hydrogens is 312 g/mol. The van der Waals surface area contributed by atoms with Gasteiger partial charge in [0.05, 0.1) is 11.0 Å². The smallest absolute Gasteiger partial charge is 0.124 e. The van der Waals surface area contributed by atoms with Gasteiger partial charge in [0.25, 0.3) is 0 Å². The van der Waals surface area contributed by atoms with Gasteiger partial charge >= 0.3 is 0 Å². The molecule has 1 atom stereocenters. The maximum absolute atomic E-state index is 9.51. The summed E-state index contributed by atoms with van der Waals surface area (Å²) in [4.78, 5) is 1.18. The maximum atomic E-state index is 9.51. The van der Waals surface area contributed by atoms with E-state index in [2.05, 4.69) is 15.9 Å². The minimum absolute atomic E-state index is 0.441. The van der Waals surface area contributed by atoms with Crippen LogP contribution in [0.4, 0.5) is 0 Å². The van der Waals surface area contributed by atoms with Crippen molar-refractivity contribution in [2.45, 2.75) is 26.6 Å². The minimum Gasteiger partial charge on any atom is -0.488 e. The zero-order valence-corrected chi connectivity index (χ0v) is 12.7. The summed E-state index contributed by atoms with van der Waals surface area (Å²) in [6, 6.07) is 7.80. The second-order valence-corrected chi connectivity index (χ2v) is 6.04. The number of halogens is 1. The Morgan fingerprint density at radius 3 is 2.72 bits per heavy atom. The molecule has 4 heteroatoms. The van der Waals surface area contributed by atoms with E-state index in [1.165, 1.54) is 4.88 Å². The van der Waals surface area contributed by atoms with Crippen molar-refractivity contribution in [3.63, 3.8) is 0 Å². The molecule has 1 N–H and O–H groups in total. The fraction of sp³-hybridized carbons (Fsp3) is 0.286. The molecule has 0 bridgehead atoms. The first-order valence-corrected chi connectivity index (χ1v) is 7.38. The molecule has 2 rings (SSSR count). The zero-order valence-electron chi connectivity index (χ0n) is 10.3. The number of thiophene rings is 1. The Morgan fingerprint density at radius 2 is 2.17 bits per heavy atom. The van der Waals surface area contributed by atoms with Gasteiger partial charge < -0.3 is 9.84 Å². The van der Waals surface area contributed by atoms with Crippen molar-refractivity contribution in [1.82, 2.24) is 0 Å². The molecule has 1 aromatic heterocycles. The van der Waals surface area contributed by atoms with Gasteiger partial charge in [-0.3, -0.25) is 0 Å². The summed E-state index contributed by atoms with van der Waals surface area (Å²) in [7, 11) is 0. The van der Waals surface area contributed by atoms with Crippen LogP contribution in [0.5, 0.6) is 5.75 Å². The van der Waals surface area contributed by atoms with Crippen LogP contribution in [0, 0.1) is 6.92 Å². The fourth-order valence-corrected chi connectivity index (χ4v) is 3.04. The molecule has 2 aromatic rings. The molecule has 1 unspecified atom stereocenters. The number of aliphatic hydroxyl groups is 1. The van der Waals surface area contributed by atoms with Gasteiger partial charge in [0.15, 0.2) is 0 Å². The normalized spacial score (nSPS) is 12.4. The molecule has 0 saturated heterocycles. The number of aryl methyl sites for hydroxylation is 1. The van der Waals surface area contributed by atoms with E-state index in [1.54, 1.807) is 18.3 Å². The van der Waals surface area contributed by atoms with Crippen molar-refractivity contribution in [1.29, 1.82) is 0 Å². The second-order valence-electron chi connectivity index (χ2n) is 4.18. The van der Waals surface area contributed by atoms with Crippen molar-refractivity contribution >= 4 is 27.3 Å². The van der Waals surface area contributed by atoms with Crippen LogP contribution >= 0.6 is 27.3 Å². The van der Waals surface area contributed by atoms with Crippen LogP contribution in [0.15, 0.2) is 34.1 Å². The van der Waals surface area contributed by atoms with Gasteiger partial charge in [-0.15, -0.1) is 11.3 Å². The molecule has 96 valence electrons. The molecule has 0 aliphatic carbocycles. The van der Waals surface area contributed by atoms with Gasteiger partial charge in [-0.1, -0.05) is 6.07 Å². The summed E-state index contributed by atoms with van der Waals surface area (Å²) in [5.74, 6) is 0.861. The average Bonchev–Trinajstić information content (AvgIpc) is 2.73. The van der Waals surface area contributed by atoms with Crippen molar-refractivity contribution in [2.24, 2.45) is 0 Å². The Labute approximate surface area is 119 Å². The molecule has 0 saturated carbocycles. The number of ether oxygens (including phenoxy) is 1. The van der Waals surface area contributed by atoms with Crippen LogP contribution in [-0.4, -0.2) is 5.11 Å². The Balaban J connectivity index is 2.08. The molecule has 0 aliphatic heterocycles. The number of hydrogen-bond donors (Lipinski definition) is 1. The SMILES string of the molecule is Cc1cc(C(C)O)ccc1OCc1sccc1Br. The first kappa shape index (κ1) is 13.6. The van der Waals surface area contributed by atoms with Crippen LogP contribution in [-0.2, 0) is 6.61 Å². The van der Waals surface area contributed by atoms with E-state index in [0.29, 0.717) is 6.61 Å². The van der Waals surface area contributed by atoms with Gasteiger partial charge in [-0.05, 0) is 64.5 Å². The molecule has 0 aliphatic rings. The highest BCUT2D eigenvalue weighted by Crippen LogP contribution is 2.27. The summed E-state index contributed by atoms with van der Waals surface area (Å²) in [6.45, 7) is 4.32. The Hall–Kier alpha value is -0.840. The second kappa shape index (κ2) is 5.87. The molecule has 2 nitrogen and oxygen atoms in total. The molecular formula is C14H15BrO2S. The highest BCUT2D eigenvalue weighted by atomic mass is 79.9. The Morgan fingerprint density at radius 1 is 1.39 bits per heavy atom. The average molecular weight is 327 g/mol. The summed E-state index contributed by atoms with van der Waals surface area (Å²) in [6.07, 6.45) is -0.441. The largest absolute Gasteiger partial charge is 0.488 e. The molecule has 0 spiro atoms. The lowest BCUT2D eigenvalue weighted by atomic mass is 10.1. The highest BCUT2D eigenvalue weighted by Gasteiger charge is 2.07. The van der Waals surface area contributed by atoms with Crippen LogP contribution in [0.1, 0.15) is 29.0 Å². The van der Waals surface area contributed by atoms with Gasteiger partial charge in [-0.2, -0.15) is 0 Å². The Kier molecular flexibility index (Phi) is 4.43. The topological polar surface area (TPSA) is 29.5 Å². The maximum Gasteiger partial charge on any atom is 0.124 e. The minimum atomic E-state index is -0.441. The van der Waals surface area contributed by atoms with Crippen molar-refractivity contribution < 1.29 is 9.84 Å². The molecule has 1 aromatic carbocycles. The molecule has 0 amide bonds. The third-order valence-electron chi connectivity index (χ3n) is 2.73. The molecule has 18 heavy (non-hydrogen) atoms. The first-order valence-electron chi connectivity index (χ1n) is 5.71. The number of hydrogen-bond acceptors (Lipinski definition) is 3. The number of aliphatic hydroxyl groups excluding tert-OH is 1. The predicted octanol–water partition coefficient (Wildman–Crippen LogP) is 4.45. The van der Waals surface area contributed by atoms with Gasteiger partial charge in [-0.25, -0.2) is 0 Å². The number of rotatable bonds is 4. The van der Waals surface area contributed by atoms with E-state index in [4.69, 9.17) is 4.74 Å². The van der Waals surface area contributed by atoms with Crippen LogP contribution in [0.25, 0.3) is 0 Å². The highest BCUT2D eigenvalue weighted by molar-refractivity contribution is 9.10. The lowest BCUT2D eigenvalue weighted by molar-refractivity contribution is 0.199. The van der Waals surface area contributed by atoms with Crippen LogP contribution in [0.2, 0.25) is 0 Å². The van der Waals surface area contributed by atoms with E-state index in [9.17, 15) is 5.11 Å². The standard InChI is InChI=1S/C14H15BrO2S/c1-9-7-11(10(2)16)3-4-13(9)17-8-14-12(15)5-6-18-14/h3-7,10,16H,8H2,1-2H3. The third-order valence-corrected chi connectivity index (χ3v) is 4.63. The van der Waals surface area contributed by atoms with Gasteiger partial charge in [0, 0.05) is 4.47 Å². The molecule has 1 heterocycles. The van der Waals surface area contributed by atoms with Crippen LogP contribution < -0.4 is 4.74 Å². The van der Waals surface area contributed by atoms with E-state index in [-0.39, 0.29) is 0 Å². The monoisotopic (exact) mass is 326 g/mol. The quantitative estimate of drug-likeness (QED) is 0.899. The zero-order chi connectivity index (χ0) is 13.1. The van der Waals surface area contributed by atoms with Crippen LogP contribution in [0.3, 0.4) is 0 Å². The fourth-order valence-electron chi connectivity index (χ4n) is 1.67. The summed E-state index contributed by atoms with van der Waals surface area (Å²) >= 11 is 5.16. The van der Waals surface area contributed by atoms with Crippen molar-refractivity contribution in [3.8, 4) is 5.75 Å². The molecule has 0 radical (unpaired) electrons. The molecule has 0 fully saturated rings. The van der Waals surface area contributed by atoms with E-state index in [0.717, 1.165) is 21.3 Å². The summed E-state index contributed by atoms with van der Waals surface area (Å²) in [5.41, 5.74) is 1.96. The lowest BCUT2D eigenvalue weighted by Crippen LogP contribution is -1.98. The van der Waals surface area contributed by atoms with E-state index >= 15 is 0 Å². The lowest BCUT2D eigenvalue weighted by Gasteiger charge is -2.11. The number of benzene rings is 1. The summed E-state index contributed by atoms with van der Waals surface area (Å²) in [5, 5.41) is 11.5. The van der Waals surface area contributed by atoms with Gasteiger partial charge in [0.2, 0.25) is 0 Å². The van der Waals surface area contributed by atoms with E-state index < -0.39 is 6.10 Å². The Bertz CT molecular complexity index is 534. The third kappa shape index (κ3) is 3.13. The predicted molar refractivity (Wildman–Crippen MR) is 78.2 cm³/mol. The first-order chi connectivity index (χ1) is 8.58. The van der Waals surface area contributed by atoms with Crippen molar-refractivity contribution in [3.05, 3.63) is 50.1 Å². The van der Waals surface area contributed by atoms with Gasteiger partial charge in [0.1, 0.15) is 12.4 Å².